The van der Waals surface area contributed by atoms with Crippen LogP contribution < -0.4 is 4.72 Å². The monoisotopic (exact) mass is 556 g/mol. The lowest BCUT2D eigenvalue weighted by atomic mass is 9.93. The number of benzene rings is 1. The van der Waals surface area contributed by atoms with Crippen molar-refractivity contribution in [3.8, 4) is 0 Å². The van der Waals surface area contributed by atoms with Gasteiger partial charge in [0.25, 0.3) is 10.0 Å². The summed E-state index contributed by atoms with van der Waals surface area (Å²) >= 11 is 0. The van der Waals surface area contributed by atoms with Crippen LogP contribution in [-0.4, -0.2) is 51.7 Å². The van der Waals surface area contributed by atoms with Gasteiger partial charge < -0.3 is 0 Å². The zero-order valence-electron chi connectivity index (χ0n) is 21.5. The van der Waals surface area contributed by atoms with Crippen LogP contribution >= 0.6 is 0 Å². The molecule has 3 aromatic heterocycles. The SMILES string of the molecule is CC[C@H]1C[C@@H](NS(=O)(=O)C2CCCC2)C[C@H]1c1nnc2cnc3c(ccn3S(=O)(=O)c3ccc(C)cc3)n12. The van der Waals surface area contributed by atoms with E-state index in [0.29, 0.717) is 29.1 Å². The fourth-order valence-corrected chi connectivity index (χ4v) is 9.33. The van der Waals surface area contributed by atoms with E-state index in [1.54, 1.807) is 30.3 Å². The molecule has 2 fully saturated rings. The average molecular weight is 557 g/mol. The van der Waals surface area contributed by atoms with Crippen LogP contribution in [0.4, 0.5) is 0 Å². The molecule has 10 nitrogen and oxygen atoms in total. The minimum absolute atomic E-state index is 0.0195. The fourth-order valence-electron chi connectivity index (χ4n) is 6.23. The molecule has 0 amide bonds. The Bertz CT molecular complexity index is 1700. The molecule has 4 aromatic rings. The summed E-state index contributed by atoms with van der Waals surface area (Å²) in [6.07, 6.45) is 8.67. The highest BCUT2D eigenvalue weighted by atomic mass is 32.2. The normalized spacial score (nSPS) is 23.2. The molecular formula is C26H32N6O4S2. The number of rotatable bonds is 7. The van der Waals surface area contributed by atoms with E-state index in [2.05, 4.69) is 26.8 Å². The molecule has 0 bridgehead atoms. The van der Waals surface area contributed by atoms with Crippen molar-refractivity contribution in [3.05, 3.63) is 54.1 Å². The number of aryl methyl sites for hydroxylation is 1. The molecule has 2 aliphatic carbocycles. The number of hydrogen-bond donors (Lipinski definition) is 1. The smallest absolute Gasteiger partial charge is 0.269 e. The third kappa shape index (κ3) is 4.22. The van der Waals surface area contributed by atoms with Crippen molar-refractivity contribution in [1.82, 2.24) is 28.3 Å². The van der Waals surface area contributed by atoms with E-state index in [-0.39, 0.29) is 28.0 Å². The van der Waals surface area contributed by atoms with Crippen molar-refractivity contribution in [2.24, 2.45) is 5.92 Å². The van der Waals surface area contributed by atoms with Gasteiger partial charge in [-0.3, -0.25) is 4.40 Å². The maximum atomic E-state index is 13.4. The Hall–Kier alpha value is -2.83. The minimum atomic E-state index is -3.85. The Morgan fingerprint density at radius 1 is 1.00 bits per heavy atom. The highest BCUT2D eigenvalue weighted by Gasteiger charge is 2.40. The first kappa shape index (κ1) is 25.4. The van der Waals surface area contributed by atoms with Crippen LogP contribution in [-0.2, 0) is 20.0 Å². The highest BCUT2D eigenvalue weighted by Crippen LogP contribution is 2.42. The molecule has 0 saturated heterocycles. The standard InChI is InChI=1S/C26H32N6O4S2/c1-3-18-14-19(30-37(33,34)20-6-4-5-7-20)15-22(18)25-29-28-24-16-27-26-23(32(24)25)12-13-31(26)38(35,36)21-10-8-17(2)9-11-21/h8-13,16,18-20,22,30H,3-7,14-15H2,1-2H3/t18-,19+,22+/m0/s1. The number of aromatic nitrogens is 5. The Labute approximate surface area is 222 Å². The number of sulfonamides is 1. The van der Waals surface area contributed by atoms with Crippen molar-refractivity contribution >= 4 is 36.9 Å². The van der Waals surface area contributed by atoms with Crippen molar-refractivity contribution in [2.45, 2.75) is 80.9 Å². The fraction of sp³-hybridized carbons (Fsp3) is 0.500. The Morgan fingerprint density at radius 3 is 2.45 bits per heavy atom. The van der Waals surface area contributed by atoms with Gasteiger partial charge in [-0.25, -0.2) is 30.5 Å². The average Bonchev–Trinajstić information content (AvgIpc) is 3.68. The summed E-state index contributed by atoms with van der Waals surface area (Å²) < 4.78 is 58.9. The van der Waals surface area contributed by atoms with E-state index in [1.165, 1.54) is 16.4 Å². The van der Waals surface area contributed by atoms with E-state index < -0.39 is 20.0 Å². The molecule has 0 spiro atoms. The maximum absolute atomic E-state index is 13.4. The van der Waals surface area contributed by atoms with E-state index in [4.69, 9.17) is 0 Å². The zero-order chi connectivity index (χ0) is 26.7. The molecule has 2 aliphatic rings. The van der Waals surface area contributed by atoms with Gasteiger partial charge in [0.05, 0.1) is 21.9 Å². The predicted molar refractivity (Wildman–Crippen MR) is 144 cm³/mol. The van der Waals surface area contributed by atoms with Gasteiger partial charge in [-0.2, -0.15) is 0 Å². The van der Waals surface area contributed by atoms with Gasteiger partial charge in [-0.05, 0) is 56.7 Å². The van der Waals surface area contributed by atoms with Crippen molar-refractivity contribution < 1.29 is 16.8 Å². The molecule has 38 heavy (non-hydrogen) atoms. The summed E-state index contributed by atoms with van der Waals surface area (Å²) in [7, 11) is -7.21. The maximum Gasteiger partial charge on any atom is 0.269 e. The lowest BCUT2D eigenvalue weighted by molar-refractivity contribution is 0.449. The highest BCUT2D eigenvalue weighted by molar-refractivity contribution is 7.90. The molecule has 3 heterocycles. The molecule has 6 rings (SSSR count). The first-order valence-corrected chi connectivity index (χ1v) is 16.2. The molecule has 0 aliphatic heterocycles. The molecule has 202 valence electrons. The largest absolute Gasteiger partial charge is 0.274 e. The first-order chi connectivity index (χ1) is 18.2. The first-order valence-electron chi connectivity index (χ1n) is 13.2. The number of fused-ring (bicyclic) bond motifs is 3. The van der Waals surface area contributed by atoms with Crippen LogP contribution in [0.1, 0.15) is 69.2 Å². The van der Waals surface area contributed by atoms with Gasteiger partial charge in [0.1, 0.15) is 5.82 Å². The second-order valence-electron chi connectivity index (χ2n) is 10.7. The summed E-state index contributed by atoms with van der Waals surface area (Å²) in [6.45, 7) is 4.01. The van der Waals surface area contributed by atoms with Crippen LogP contribution in [0.3, 0.4) is 0 Å². The topological polar surface area (TPSA) is 128 Å². The zero-order valence-corrected chi connectivity index (χ0v) is 23.1. The Kier molecular flexibility index (Phi) is 6.31. The molecule has 3 atom stereocenters. The Morgan fingerprint density at radius 2 is 1.74 bits per heavy atom. The molecule has 1 aromatic carbocycles. The summed E-state index contributed by atoms with van der Waals surface area (Å²) in [5, 5.41) is 8.55. The number of nitrogens with one attached hydrogen (secondary N) is 1. The summed E-state index contributed by atoms with van der Waals surface area (Å²) in [5.41, 5.74) is 2.40. The van der Waals surface area contributed by atoms with Crippen molar-refractivity contribution in [3.63, 3.8) is 0 Å². The van der Waals surface area contributed by atoms with Crippen LogP contribution in [0, 0.1) is 12.8 Å². The van der Waals surface area contributed by atoms with Gasteiger partial charge in [0.15, 0.2) is 11.3 Å². The summed E-state index contributed by atoms with van der Waals surface area (Å²) in [6, 6.07) is 8.29. The van der Waals surface area contributed by atoms with Crippen molar-refractivity contribution in [1.29, 1.82) is 0 Å². The molecule has 12 heteroatoms. The van der Waals surface area contributed by atoms with E-state index in [9.17, 15) is 16.8 Å². The predicted octanol–water partition coefficient (Wildman–Crippen LogP) is 3.76. The van der Waals surface area contributed by atoms with Gasteiger partial charge in [-0.15, -0.1) is 10.2 Å². The molecule has 0 radical (unpaired) electrons. The van der Waals surface area contributed by atoms with E-state index >= 15 is 0 Å². The molecular weight excluding hydrogens is 524 g/mol. The summed E-state index contributed by atoms with van der Waals surface area (Å²) in [5.74, 6) is 0.918. The van der Waals surface area contributed by atoms with E-state index in [1.807, 2.05) is 11.3 Å². The van der Waals surface area contributed by atoms with Gasteiger partial charge in [0, 0.05) is 18.2 Å². The van der Waals surface area contributed by atoms with Gasteiger partial charge >= 0.3 is 0 Å². The Balaban J connectivity index is 1.37. The summed E-state index contributed by atoms with van der Waals surface area (Å²) in [4.78, 5) is 4.62. The lowest BCUT2D eigenvalue weighted by Crippen LogP contribution is -2.39. The third-order valence-electron chi connectivity index (χ3n) is 8.26. The van der Waals surface area contributed by atoms with Crippen LogP contribution in [0.5, 0.6) is 0 Å². The van der Waals surface area contributed by atoms with Gasteiger partial charge in [-0.1, -0.05) is 43.9 Å². The van der Waals surface area contributed by atoms with Crippen molar-refractivity contribution in [2.75, 3.05) is 0 Å². The van der Waals surface area contributed by atoms with Crippen LogP contribution in [0.15, 0.2) is 47.6 Å². The quantitative estimate of drug-likeness (QED) is 0.367. The molecule has 0 unspecified atom stereocenters. The molecule has 2 saturated carbocycles. The molecule has 1 N–H and O–H groups in total. The third-order valence-corrected chi connectivity index (χ3v) is 12.0. The second-order valence-corrected chi connectivity index (χ2v) is 14.5. The minimum Gasteiger partial charge on any atom is -0.274 e. The van der Waals surface area contributed by atoms with E-state index in [0.717, 1.165) is 44.1 Å². The number of hydrogen-bond acceptors (Lipinski definition) is 7. The van der Waals surface area contributed by atoms with Gasteiger partial charge in [0.2, 0.25) is 10.0 Å². The van der Waals surface area contributed by atoms with Crippen LogP contribution in [0.2, 0.25) is 0 Å². The van der Waals surface area contributed by atoms with Crippen LogP contribution in [0.25, 0.3) is 16.8 Å². The second kappa shape index (κ2) is 9.42. The lowest BCUT2D eigenvalue weighted by Gasteiger charge is -2.17. The number of nitrogens with zero attached hydrogens (tertiary/aromatic N) is 5.